The second-order valence-corrected chi connectivity index (χ2v) is 15.4. The van der Waals surface area contributed by atoms with Crippen molar-refractivity contribution in [1.29, 1.82) is 0 Å². The van der Waals surface area contributed by atoms with E-state index in [0.29, 0.717) is 11.1 Å². The Morgan fingerprint density at radius 3 is 0.646 bits per heavy atom. The van der Waals surface area contributed by atoms with E-state index >= 15 is 0 Å². The largest absolute Gasteiger partial charge is 0.102 e. The average Bonchev–Trinajstić information content (AvgIpc) is 3.18. The molecule has 0 bridgehead atoms. The molecule has 6 aromatic carbocycles. The summed E-state index contributed by atoms with van der Waals surface area (Å²) in [6.45, 7) is 3.04. The molecule has 6 rings (SSSR count). The molecule has 0 saturated carbocycles. The molecule has 6 heteroatoms. The number of hydrogen-bond donors (Lipinski definition) is 0. The fourth-order valence-corrected chi connectivity index (χ4v) is 9.94. The summed E-state index contributed by atoms with van der Waals surface area (Å²) >= 11 is 3.03. The number of hydrogen-bond acceptors (Lipinski definition) is 2. The van der Waals surface area contributed by atoms with E-state index in [1.54, 1.807) is 12.6 Å². The van der Waals surface area contributed by atoms with Gasteiger partial charge in [0.25, 0.3) is 0 Å². The molecule has 2 nitrogen and oxygen atoms in total. The van der Waals surface area contributed by atoms with E-state index in [0.717, 1.165) is 0 Å². The molecule has 0 unspecified atom stereocenters. The van der Waals surface area contributed by atoms with Gasteiger partial charge in [-0.25, -0.2) is 0 Å². The molecule has 0 atom stereocenters. The van der Waals surface area contributed by atoms with Crippen molar-refractivity contribution in [2.24, 2.45) is 0 Å². The molecule has 0 aliphatic carbocycles. The number of rotatable bonds is 8. The summed E-state index contributed by atoms with van der Waals surface area (Å²) in [7, 11) is 2.57. The quantitative estimate of drug-likeness (QED) is 0.0920. The second-order valence-electron chi connectivity index (χ2n) is 10.4. The predicted molar refractivity (Wildman–Crippen MR) is 209 cm³/mol. The summed E-state index contributed by atoms with van der Waals surface area (Å²) in [6.07, 6.45) is 3.17. The van der Waals surface area contributed by atoms with E-state index in [2.05, 4.69) is 207 Å². The van der Waals surface area contributed by atoms with Gasteiger partial charge < -0.3 is 20.7 Å². The summed E-state index contributed by atoms with van der Waals surface area (Å²) in [5.41, 5.74) is 0.639. The minimum atomic E-state index is -0.877. The molecule has 48 heavy (non-hydrogen) atoms. The molecule has 6 aromatic rings. The van der Waals surface area contributed by atoms with Gasteiger partial charge in [-0.1, -0.05) is 109 Å². The summed E-state index contributed by atoms with van der Waals surface area (Å²) < 4.78 is 0. The van der Waals surface area contributed by atoms with Crippen LogP contribution in [0, 0.1) is 0 Å². The van der Waals surface area contributed by atoms with Gasteiger partial charge in [0.1, 0.15) is 31.8 Å². The molecule has 0 fully saturated rings. The van der Waals surface area contributed by atoms with Crippen LogP contribution in [0.3, 0.4) is 0 Å². The van der Waals surface area contributed by atoms with Gasteiger partial charge in [-0.2, -0.15) is 0 Å². The van der Waals surface area contributed by atoms with Crippen LogP contribution in [-0.2, 0) is 24.4 Å². The smallest absolute Gasteiger partial charge is 0.0620 e. The normalized spacial score (nSPS) is 10.5. The van der Waals surface area contributed by atoms with Crippen LogP contribution in [0.1, 0.15) is 13.8 Å². The summed E-state index contributed by atoms with van der Waals surface area (Å²) in [6, 6.07) is 65.0. The first-order chi connectivity index (χ1) is 23.6. The SMILES string of the molecule is C/C([C-]=O)=C(\C)[C-]=O.[Cl][Co+2].c1ccc([PH+](c2ccccc2)c2ccccc2)cc1.c1ccc([PH+](c2ccccc2)c2ccccc2)cc1. The van der Waals surface area contributed by atoms with E-state index in [9.17, 15) is 9.59 Å². The molecule has 0 aromatic heterocycles. The molecule has 0 aliphatic rings. The van der Waals surface area contributed by atoms with Gasteiger partial charge >= 0.3 is 25.0 Å². The first kappa shape index (κ1) is 38.5. The van der Waals surface area contributed by atoms with Crippen molar-refractivity contribution in [1.82, 2.24) is 0 Å². The van der Waals surface area contributed by atoms with Crippen LogP contribution in [-0.4, -0.2) is 12.6 Å². The first-order valence-electron chi connectivity index (χ1n) is 15.2. The van der Waals surface area contributed by atoms with Crippen molar-refractivity contribution in [3.05, 3.63) is 193 Å². The monoisotopic (exact) mass is 730 g/mol. The van der Waals surface area contributed by atoms with Gasteiger partial charge in [-0.15, -0.1) is 26.4 Å². The Hall–Kier alpha value is -3.94. The summed E-state index contributed by atoms with van der Waals surface area (Å²) in [4.78, 5) is 19.5. The standard InChI is InChI=1S/2C18H15P.C6H6O2.ClH.Co/c2*1-4-10-16(11-5-1)19(17-12-6-2-7-13-17)18-14-8-3-9-15-18;1-5(3-7)6(2)4-8;;/h2*1-15H;1-2H3;1H;/q;;-2;;+3/p+1/b;;6-5-;;. The maximum absolute atomic E-state index is 9.74. The number of benzene rings is 6. The van der Waals surface area contributed by atoms with E-state index < -0.39 is 15.8 Å². The Morgan fingerprint density at radius 2 is 0.521 bits per heavy atom. The molecule has 0 aliphatic heterocycles. The van der Waals surface area contributed by atoms with Crippen molar-refractivity contribution >= 4 is 70.4 Å². The Bertz CT molecular complexity index is 1450. The Balaban J connectivity index is 0.000000206. The Kier molecular flexibility index (Phi) is 18.1. The molecule has 0 amide bonds. The van der Waals surface area contributed by atoms with Gasteiger partial charge in [-0.3, -0.25) is 0 Å². The van der Waals surface area contributed by atoms with Crippen LogP contribution in [0.5, 0.6) is 0 Å². The number of allylic oxidation sites excluding steroid dienone is 2. The van der Waals surface area contributed by atoms with Crippen molar-refractivity contribution < 1.29 is 24.4 Å². The molecule has 0 radical (unpaired) electrons. The van der Waals surface area contributed by atoms with Crippen LogP contribution in [0.2, 0.25) is 0 Å². The maximum Gasteiger partial charge on any atom is 0.102 e. The van der Waals surface area contributed by atoms with Gasteiger partial charge in [-0.05, 0) is 72.8 Å². The Labute approximate surface area is 300 Å². The number of carbonyl (C=O) groups excluding carboxylic acids is 2. The Morgan fingerprint density at radius 1 is 0.375 bits per heavy atom. The van der Waals surface area contributed by atoms with Crippen molar-refractivity contribution in [2.45, 2.75) is 13.8 Å². The molecule has 242 valence electrons. The van der Waals surface area contributed by atoms with Crippen LogP contribution in [0.15, 0.2) is 193 Å². The third-order valence-electron chi connectivity index (χ3n) is 7.24. The average molecular weight is 731 g/mol. The van der Waals surface area contributed by atoms with Gasteiger partial charge in [0.2, 0.25) is 0 Å². The van der Waals surface area contributed by atoms with Crippen LogP contribution in [0.4, 0.5) is 0 Å². The van der Waals surface area contributed by atoms with E-state index in [1.165, 1.54) is 45.7 Å². The molecular weight excluding hydrogens is 693 g/mol. The summed E-state index contributed by atoms with van der Waals surface area (Å²) in [5, 5.41) is 8.61. The zero-order valence-corrected chi connectivity index (χ0v) is 30.6. The molecule has 0 spiro atoms. The molecule has 0 saturated heterocycles. The zero-order chi connectivity index (χ0) is 34.4. The minimum Gasteiger partial charge on any atom is -0.0620 e. The first-order valence-corrected chi connectivity index (χ1v) is 19.7. The fourth-order valence-electron chi connectivity index (χ4n) is 4.78. The second kappa shape index (κ2) is 22.6. The molecule has 0 N–H and O–H groups in total. The van der Waals surface area contributed by atoms with E-state index in [-0.39, 0.29) is 0 Å². The zero-order valence-electron chi connectivity index (χ0n) is 26.8. The van der Waals surface area contributed by atoms with Crippen LogP contribution in [0.25, 0.3) is 0 Å². The van der Waals surface area contributed by atoms with E-state index in [1.807, 2.05) is 0 Å². The number of halogens is 1. The predicted octanol–water partition coefficient (Wildman–Crippen LogP) is 7.58. The third-order valence-corrected chi connectivity index (χ3v) is 12.7. The topological polar surface area (TPSA) is 34.1 Å². The van der Waals surface area contributed by atoms with Crippen LogP contribution >= 0.6 is 26.0 Å². The van der Waals surface area contributed by atoms with Gasteiger partial charge in [0, 0.05) is 0 Å². The van der Waals surface area contributed by atoms with Crippen molar-refractivity contribution in [2.75, 3.05) is 0 Å². The van der Waals surface area contributed by atoms with Crippen molar-refractivity contribution in [3.63, 3.8) is 0 Å². The van der Waals surface area contributed by atoms with E-state index in [4.69, 9.17) is 0 Å². The third kappa shape index (κ3) is 12.3. The minimum absolute atomic E-state index is 0.319. The van der Waals surface area contributed by atoms with Crippen LogP contribution < -0.4 is 31.8 Å². The van der Waals surface area contributed by atoms with Crippen molar-refractivity contribution in [3.8, 4) is 0 Å². The summed E-state index contributed by atoms with van der Waals surface area (Å²) in [5.74, 6) is 0. The van der Waals surface area contributed by atoms with Gasteiger partial charge in [0.15, 0.2) is 0 Å². The van der Waals surface area contributed by atoms with Gasteiger partial charge in [0.05, 0.1) is 15.8 Å². The molecular formula is C42H38ClCoO2P2+2. The fraction of sp³-hybridized carbons (Fsp3) is 0.0476. The maximum atomic E-state index is 9.74. The molecule has 0 heterocycles.